The van der Waals surface area contributed by atoms with E-state index < -0.39 is 0 Å². The first-order valence-electron chi connectivity index (χ1n) is 5.94. The molecule has 2 aliphatic carbocycles. The predicted octanol–water partition coefficient (Wildman–Crippen LogP) is 1.37. The number of piperazine rings is 1. The summed E-state index contributed by atoms with van der Waals surface area (Å²) < 4.78 is 0. The standard InChI is InChI=1S/C11H20N2/c1-2-4-11-10(3-1)12-7-8-13(11)9-5-6-9/h9-12H,1-8H2. The molecule has 0 aromatic carbocycles. The molecule has 0 spiro atoms. The Hall–Kier alpha value is -0.0800. The van der Waals surface area contributed by atoms with E-state index in [1.807, 2.05) is 0 Å². The van der Waals surface area contributed by atoms with E-state index >= 15 is 0 Å². The summed E-state index contributed by atoms with van der Waals surface area (Å²) in [5.41, 5.74) is 0. The minimum absolute atomic E-state index is 0.836. The molecule has 2 atom stereocenters. The Bertz CT molecular complexity index is 187. The normalized spacial score (nSPS) is 41.5. The molecule has 0 aromatic heterocycles. The lowest BCUT2D eigenvalue weighted by molar-refractivity contribution is 0.0810. The molecule has 1 heterocycles. The molecular weight excluding hydrogens is 160 g/mol. The van der Waals surface area contributed by atoms with Gasteiger partial charge in [-0.25, -0.2) is 0 Å². The van der Waals surface area contributed by atoms with Gasteiger partial charge < -0.3 is 5.32 Å². The van der Waals surface area contributed by atoms with Crippen molar-refractivity contribution in [3.63, 3.8) is 0 Å². The van der Waals surface area contributed by atoms with Crippen LogP contribution in [0, 0.1) is 0 Å². The van der Waals surface area contributed by atoms with Crippen molar-refractivity contribution in [1.82, 2.24) is 10.2 Å². The number of fused-ring (bicyclic) bond motifs is 1. The lowest BCUT2D eigenvalue weighted by atomic mass is 9.87. The molecule has 2 nitrogen and oxygen atoms in total. The lowest BCUT2D eigenvalue weighted by Crippen LogP contribution is -2.59. The van der Waals surface area contributed by atoms with Gasteiger partial charge in [-0.15, -0.1) is 0 Å². The SMILES string of the molecule is C1CCC2C(C1)NCCN2C1CC1. The maximum Gasteiger partial charge on any atom is 0.0252 e. The quantitative estimate of drug-likeness (QED) is 0.655. The summed E-state index contributed by atoms with van der Waals surface area (Å²) in [7, 11) is 0. The first-order valence-corrected chi connectivity index (χ1v) is 5.94. The van der Waals surface area contributed by atoms with Crippen molar-refractivity contribution in [1.29, 1.82) is 0 Å². The van der Waals surface area contributed by atoms with E-state index in [0.29, 0.717) is 0 Å². The van der Waals surface area contributed by atoms with Crippen molar-refractivity contribution in [2.45, 2.75) is 56.7 Å². The molecule has 1 N–H and O–H groups in total. The minimum Gasteiger partial charge on any atom is -0.311 e. The van der Waals surface area contributed by atoms with Gasteiger partial charge in [0.25, 0.3) is 0 Å². The molecule has 1 saturated heterocycles. The van der Waals surface area contributed by atoms with Crippen molar-refractivity contribution in [3.8, 4) is 0 Å². The van der Waals surface area contributed by atoms with E-state index in [0.717, 1.165) is 18.1 Å². The third-order valence-electron chi connectivity index (χ3n) is 3.95. The molecule has 74 valence electrons. The van der Waals surface area contributed by atoms with E-state index in [9.17, 15) is 0 Å². The topological polar surface area (TPSA) is 15.3 Å². The Morgan fingerprint density at radius 1 is 1.00 bits per heavy atom. The van der Waals surface area contributed by atoms with E-state index in [4.69, 9.17) is 0 Å². The second kappa shape index (κ2) is 3.25. The van der Waals surface area contributed by atoms with Gasteiger partial charge in [-0.2, -0.15) is 0 Å². The molecule has 0 bridgehead atoms. The molecule has 3 rings (SSSR count). The van der Waals surface area contributed by atoms with Crippen LogP contribution in [-0.4, -0.2) is 36.1 Å². The van der Waals surface area contributed by atoms with Crippen LogP contribution in [-0.2, 0) is 0 Å². The molecule has 1 aliphatic heterocycles. The predicted molar refractivity (Wildman–Crippen MR) is 53.8 cm³/mol. The fourth-order valence-corrected chi connectivity index (χ4v) is 3.15. The number of hydrogen-bond donors (Lipinski definition) is 1. The third-order valence-corrected chi connectivity index (χ3v) is 3.95. The van der Waals surface area contributed by atoms with Gasteiger partial charge in [0.1, 0.15) is 0 Å². The average Bonchev–Trinajstić information content (AvgIpc) is 3.00. The van der Waals surface area contributed by atoms with Gasteiger partial charge in [-0.3, -0.25) is 4.90 Å². The van der Waals surface area contributed by atoms with Crippen molar-refractivity contribution >= 4 is 0 Å². The van der Waals surface area contributed by atoms with Crippen LogP contribution in [0.25, 0.3) is 0 Å². The second-order valence-electron chi connectivity index (χ2n) is 4.88. The molecule has 13 heavy (non-hydrogen) atoms. The molecule has 2 unspecified atom stereocenters. The van der Waals surface area contributed by atoms with Crippen LogP contribution in [0.15, 0.2) is 0 Å². The largest absolute Gasteiger partial charge is 0.311 e. The van der Waals surface area contributed by atoms with Gasteiger partial charge >= 0.3 is 0 Å². The zero-order chi connectivity index (χ0) is 8.67. The monoisotopic (exact) mass is 180 g/mol. The maximum atomic E-state index is 3.69. The first kappa shape index (κ1) is 8.25. The molecular formula is C11H20N2. The molecule has 3 fully saturated rings. The zero-order valence-electron chi connectivity index (χ0n) is 8.34. The highest BCUT2D eigenvalue weighted by Crippen LogP contribution is 2.34. The first-order chi connectivity index (χ1) is 6.45. The summed E-state index contributed by atoms with van der Waals surface area (Å²) in [5.74, 6) is 0. The van der Waals surface area contributed by atoms with Crippen LogP contribution >= 0.6 is 0 Å². The van der Waals surface area contributed by atoms with Crippen molar-refractivity contribution < 1.29 is 0 Å². The van der Waals surface area contributed by atoms with E-state index in [1.54, 1.807) is 0 Å². The molecule has 0 radical (unpaired) electrons. The highest BCUT2D eigenvalue weighted by atomic mass is 15.3. The van der Waals surface area contributed by atoms with Crippen LogP contribution in [0.3, 0.4) is 0 Å². The Morgan fingerprint density at radius 3 is 2.69 bits per heavy atom. The van der Waals surface area contributed by atoms with Gasteiger partial charge in [0.2, 0.25) is 0 Å². The smallest absolute Gasteiger partial charge is 0.0252 e. The van der Waals surface area contributed by atoms with Gasteiger partial charge in [-0.1, -0.05) is 12.8 Å². The third kappa shape index (κ3) is 1.50. The Balaban J connectivity index is 1.71. The van der Waals surface area contributed by atoms with Crippen LogP contribution in [0.5, 0.6) is 0 Å². The highest BCUT2D eigenvalue weighted by molar-refractivity contribution is 4.98. The summed E-state index contributed by atoms with van der Waals surface area (Å²) in [4.78, 5) is 2.81. The summed E-state index contributed by atoms with van der Waals surface area (Å²) in [6, 6.07) is 2.71. The van der Waals surface area contributed by atoms with Crippen LogP contribution in [0.4, 0.5) is 0 Å². The Morgan fingerprint density at radius 2 is 1.85 bits per heavy atom. The number of hydrogen-bond acceptors (Lipinski definition) is 2. The minimum atomic E-state index is 0.836. The van der Waals surface area contributed by atoms with Crippen LogP contribution in [0.1, 0.15) is 38.5 Å². The number of nitrogens with one attached hydrogen (secondary N) is 1. The molecule has 0 aromatic rings. The van der Waals surface area contributed by atoms with Gasteiger partial charge in [0.05, 0.1) is 0 Å². The highest BCUT2D eigenvalue weighted by Gasteiger charge is 2.40. The van der Waals surface area contributed by atoms with Crippen molar-refractivity contribution in [2.24, 2.45) is 0 Å². The fraction of sp³-hybridized carbons (Fsp3) is 1.00. The van der Waals surface area contributed by atoms with E-state index in [1.165, 1.54) is 51.6 Å². The molecule has 3 aliphatic rings. The van der Waals surface area contributed by atoms with Gasteiger partial charge in [0, 0.05) is 31.2 Å². The van der Waals surface area contributed by atoms with E-state index in [2.05, 4.69) is 10.2 Å². The number of nitrogens with zero attached hydrogens (tertiary/aromatic N) is 1. The average molecular weight is 180 g/mol. The summed E-state index contributed by atoms with van der Waals surface area (Å²) >= 11 is 0. The maximum absolute atomic E-state index is 3.69. The van der Waals surface area contributed by atoms with Crippen molar-refractivity contribution in [3.05, 3.63) is 0 Å². The Kier molecular flexibility index (Phi) is 2.06. The van der Waals surface area contributed by atoms with Crippen LogP contribution in [0.2, 0.25) is 0 Å². The Labute approximate surface area is 80.7 Å². The molecule has 2 heteroatoms. The lowest BCUT2D eigenvalue weighted by Gasteiger charge is -2.45. The molecule has 0 amide bonds. The second-order valence-corrected chi connectivity index (χ2v) is 4.88. The summed E-state index contributed by atoms with van der Waals surface area (Å²) in [6.45, 7) is 2.55. The van der Waals surface area contributed by atoms with Crippen molar-refractivity contribution in [2.75, 3.05) is 13.1 Å². The zero-order valence-corrected chi connectivity index (χ0v) is 8.34. The number of rotatable bonds is 1. The summed E-state index contributed by atoms with van der Waals surface area (Å²) in [6.07, 6.45) is 8.74. The van der Waals surface area contributed by atoms with Crippen LogP contribution < -0.4 is 5.32 Å². The fourth-order valence-electron chi connectivity index (χ4n) is 3.15. The summed E-state index contributed by atoms with van der Waals surface area (Å²) in [5, 5.41) is 3.69. The van der Waals surface area contributed by atoms with Gasteiger partial charge in [0.15, 0.2) is 0 Å². The molecule has 2 saturated carbocycles. The van der Waals surface area contributed by atoms with Gasteiger partial charge in [-0.05, 0) is 25.7 Å². The van der Waals surface area contributed by atoms with E-state index in [-0.39, 0.29) is 0 Å².